The fraction of sp³-hybridized carbons (Fsp3) is 0.647. The number of piperidine rings is 1. The third-order valence-electron chi connectivity index (χ3n) is 5.42. The fourth-order valence-corrected chi connectivity index (χ4v) is 5.47. The lowest BCUT2D eigenvalue weighted by atomic mass is 9.76. The summed E-state index contributed by atoms with van der Waals surface area (Å²) in [5.41, 5.74) is 1.40. The number of non-ortho nitro benzene ring substituents is 1. The van der Waals surface area contributed by atoms with Crippen molar-refractivity contribution < 1.29 is 13.3 Å². The van der Waals surface area contributed by atoms with Gasteiger partial charge in [-0.05, 0) is 36.2 Å². The van der Waals surface area contributed by atoms with Crippen molar-refractivity contribution in [1.82, 2.24) is 4.31 Å². The molecule has 2 heterocycles. The van der Waals surface area contributed by atoms with Gasteiger partial charge in [0.15, 0.2) is 0 Å². The number of rotatable bonds is 3. The van der Waals surface area contributed by atoms with E-state index in [1.807, 2.05) is 0 Å². The molecule has 25 heavy (non-hydrogen) atoms. The molecule has 0 N–H and O–H groups in total. The predicted octanol–water partition coefficient (Wildman–Crippen LogP) is 2.96. The Hall–Kier alpha value is -1.67. The second-order valence-corrected chi connectivity index (χ2v) is 9.79. The lowest BCUT2D eigenvalue weighted by molar-refractivity contribution is -0.384. The number of fused-ring (bicyclic) bond motifs is 1. The second-order valence-electron chi connectivity index (χ2n) is 7.94. The number of nitrogens with zero attached hydrogens (tertiary/aromatic N) is 3. The van der Waals surface area contributed by atoms with Crippen LogP contribution in [0.4, 0.5) is 11.4 Å². The lowest BCUT2D eigenvalue weighted by Gasteiger charge is -2.39. The van der Waals surface area contributed by atoms with Gasteiger partial charge in [0.25, 0.3) is 5.69 Å². The molecule has 1 aromatic carbocycles. The van der Waals surface area contributed by atoms with E-state index in [1.54, 1.807) is 6.07 Å². The van der Waals surface area contributed by atoms with Gasteiger partial charge < -0.3 is 0 Å². The third-order valence-corrected chi connectivity index (χ3v) is 7.37. The average Bonchev–Trinajstić information content (AvgIpc) is 2.97. The van der Waals surface area contributed by atoms with Crippen LogP contribution in [0.25, 0.3) is 0 Å². The summed E-state index contributed by atoms with van der Waals surface area (Å²) in [6.07, 6.45) is 2.28. The standard InChI is InChI=1S/C17H25N3O4S/c1-17(2,3)14-7-9-18(10-8-14)25(23,24)19-11-6-13-4-5-15(20(21)22)12-16(13)19/h4-5,12,14H,6-11H2,1-3H3. The van der Waals surface area contributed by atoms with Crippen LogP contribution in [0.1, 0.15) is 39.2 Å². The van der Waals surface area contributed by atoms with Crippen LogP contribution in [0, 0.1) is 21.4 Å². The first-order valence-electron chi connectivity index (χ1n) is 8.66. The van der Waals surface area contributed by atoms with Gasteiger partial charge in [0.05, 0.1) is 10.6 Å². The molecule has 0 amide bonds. The van der Waals surface area contributed by atoms with E-state index in [0.717, 1.165) is 18.4 Å². The van der Waals surface area contributed by atoms with Crippen molar-refractivity contribution >= 4 is 21.6 Å². The van der Waals surface area contributed by atoms with Crippen molar-refractivity contribution in [2.24, 2.45) is 11.3 Å². The van der Waals surface area contributed by atoms with Crippen molar-refractivity contribution in [1.29, 1.82) is 0 Å². The largest absolute Gasteiger partial charge is 0.304 e. The zero-order valence-corrected chi connectivity index (χ0v) is 15.8. The third kappa shape index (κ3) is 3.37. The van der Waals surface area contributed by atoms with Gasteiger partial charge in [-0.1, -0.05) is 26.8 Å². The summed E-state index contributed by atoms with van der Waals surface area (Å²) in [4.78, 5) is 10.5. The Morgan fingerprint density at radius 2 is 1.80 bits per heavy atom. The quantitative estimate of drug-likeness (QED) is 0.607. The zero-order valence-electron chi connectivity index (χ0n) is 14.9. The summed E-state index contributed by atoms with van der Waals surface area (Å²) in [5, 5.41) is 11.0. The van der Waals surface area contributed by atoms with E-state index in [1.165, 1.54) is 20.7 Å². The molecule has 0 radical (unpaired) electrons. The molecule has 0 saturated carbocycles. The van der Waals surface area contributed by atoms with Crippen molar-refractivity contribution in [3.63, 3.8) is 0 Å². The van der Waals surface area contributed by atoms with Gasteiger partial charge in [0.2, 0.25) is 0 Å². The summed E-state index contributed by atoms with van der Waals surface area (Å²) in [6, 6.07) is 4.47. The maximum Gasteiger partial charge on any atom is 0.304 e. The van der Waals surface area contributed by atoms with Crippen LogP contribution in [0.15, 0.2) is 18.2 Å². The SMILES string of the molecule is CC(C)(C)C1CCN(S(=O)(=O)N2CCc3ccc([N+](=O)[O-])cc32)CC1. The lowest BCUT2D eigenvalue weighted by Crippen LogP contribution is -2.48. The van der Waals surface area contributed by atoms with E-state index in [2.05, 4.69) is 20.8 Å². The number of nitro groups is 1. The molecule has 0 unspecified atom stereocenters. The van der Waals surface area contributed by atoms with Crippen LogP contribution < -0.4 is 4.31 Å². The van der Waals surface area contributed by atoms with Crippen LogP contribution in [0.3, 0.4) is 0 Å². The maximum absolute atomic E-state index is 13.1. The van der Waals surface area contributed by atoms with Crippen molar-refractivity contribution in [3.05, 3.63) is 33.9 Å². The summed E-state index contributed by atoms with van der Waals surface area (Å²) >= 11 is 0. The Morgan fingerprint density at radius 1 is 1.16 bits per heavy atom. The van der Waals surface area contributed by atoms with Gasteiger partial charge in [0, 0.05) is 31.8 Å². The van der Waals surface area contributed by atoms with Crippen LogP contribution in [-0.4, -0.2) is 37.3 Å². The van der Waals surface area contributed by atoms with Crippen LogP contribution in [-0.2, 0) is 16.6 Å². The topological polar surface area (TPSA) is 83.8 Å². The van der Waals surface area contributed by atoms with Gasteiger partial charge in [-0.3, -0.25) is 14.4 Å². The molecule has 0 aliphatic carbocycles. The molecule has 138 valence electrons. The van der Waals surface area contributed by atoms with E-state index in [9.17, 15) is 18.5 Å². The zero-order chi connectivity index (χ0) is 18.4. The molecule has 0 bridgehead atoms. The summed E-state index contributed by atoms with van der Waals surface area (Å²) in [7, 11) is -3.64. The Labute approximate surface area is 149 Å². The monoisotopic (exact) mass is 367 g/mol. The van der Waals surface area contributed by atoms with Crippen molar-refractivity contribution in [2.45, 2.75) is 40.0 Å². The van der Waals surface area contributed by atoms with E-state index >= 15 is 0 Å². The van der Waals surface area contributed by atoms with Gasteiger partial charge in [-0.2, -0.15) is 12.7 Å². The first kappa shape index (κ1) is 18.1. The molecule has 0 atom stereocenters. The van der Waals surface area contributed by atoms with Crippen LogP contribution in [0.5, 0.6) is 0 Å². The van der Waals surface area contributed by atoms with Gasteiger partial charge in [-0.25, -0.2) is 0 Å². The fourth-order valence-electron chi connectivity index (χ4n) is 3.78. The molecule has 1 saturated heterocycles. The molecule has 0 aromatic heterocycles. The molecule has 1 fully saturated rings. The first-order valence-corrected chi connectivity index (χ1v) is 10.1. The molecule has 2 aliphatic rings. The number of anilines is 1. The predicted molar refractivity (Wildman–Crippen MR) is 96.8 cm³/mol. The minimum absolute atomic E-state index is 0.0766. The normalized spacial score (nSPS) is 19.9. The second kappa shape index (κ2) is 6.25. The minimum Gasteiger partial charge on any atom is -0.258 e. The Morgan fingerprint density at radius 3 is 2.36 bits per heavy atom. The smallest absolute Gasteiger partial charge is 0.258 e. The average molecular weight is 367 g/mol. The minimum atomic E-state index is -3.64. The van der Waals surface area contributed by atoms with Crippen molar-refractivity contribution in [3.8, 4) is 0 Å². The molecule has 7 nitrogen and oxygen atoms in total. The number of benzene rings is 1. The molecule has 1 aromatic rings. The highest BCUT2D eigenvalue weighted by Gasteiger charge is 2.38. The summed E-state index contributed by atoms with van der Waals surface area (Å²) < 4.78 is 29.0. The highest BCUT2D eigenvalue weighted by atomic mass is 32.2. The van der Waals surface area contributed by atoms with Crippen LogP contribution in [0.2, 0.25) is 0 Å². The van der Waals surface area contributed by atoms with E-state index in [-0.39, 0.29) is 11.1 Å². The van der Waals surface area contributed by atoms with E-state index < -0.39 is 15.1 Å². The molecule has 0 spiro atoms. The summed E-state index contributed by atoms with van der Waals surface area (Å²) in [6.45, 7) is 7.93. The number of nitro benzene ring substituents is 1. The Kier molecular flexibility index (Phi) is 4.53. The van der Waals surface area contributed by atoms with Gasteiger partial charge >= 0.3 is 10.2 Å². The van der Waals surface area contributed by atoms with E-state index in [4.69, 9.17) is 0 Å². The first-order chi connectivity index (χ1) is 11.6. The Bertz CT molecular complexity index is 778. The number of hydrogen-bond donors (Lipinski definition) is 0. The van der Waals surface area contributed by atoms with Gasteiger partial charge in [-0.15, -0.1) is 0 Å². The highest BCUT2D eigenvalue weighted by molar-refractivity contribution is 7.90. The Balaban J connectivity index is 1.82. The highest BCUT2D eigenvalue weighted by Crippen LogP contribution is 2.38. The number of hydrogen-bond acceptors (Lipinski definition) is 4. The molecular weight excluding hydrogens is 342 g/mol. The summed E-state index contributed by atoms with van der Waals surface area (Å²) in [5.74, 6) is 0.505. The van der Waals surface area contributed by atoms with Crippen LogP contribution >= 0.6 is 0 Å². The maximum atomic E-state index is 13.1. The molecule has 2 aliphatic heterocycles. The van der Waals surface area contributed by atoms with Gasteiger partial charge in [0.1, 0.15) is 0 Å². The molecular formula is C17H25N3O4S. The molecule has 8 heteroatoms. The van der Waals surface area contributed by atoms with E-state index in [0.29, 0.717) is 37.7 Å². The van der Waals surface area contributed by atoms with Crippen molar-refractivity contribution in [2.75, 3.05) is 23.9 Å². The molecule has 3 rings (SSSR count).